The van der Waals surface area contributed by atoms with Crippen molar-refractivity contribution in [3.63, 3.8) is 0 Å². The van der Waals surface area contributed by atoms with Crippen LogP contribution < -0.4 is 0 Å². The highest BCUT2D eigenvalue weighted by molar-refractivity contribution is 5.80. The number of nitrogens with zero attached hydrogens (tertiary/aromatic N) is 4. The van der Waals surface area contributed by atoms with Crippen LogP contribution >= 0.6 is 0 Å². The van der Waals surface area contributed by atoms with E-state index in [4.69, 9.17) is 0 Å². The molecule has 0 bridgehead atoms. The van der Waals surface area contributed by atoms with Crippen molar-refractivity contribution in [1.82, 2.24) is 19.7 Å². The number of rotatable bonds is 3. The first-order chi connectivity index (χ1) is 12.1. The smallest absolute Gasteiger partial charge is 0.141 e. The minimum Gasteiger partial charge on any atom is -0.261 e. The number of hydrogen-bond donors (Lipinski definition) is 0. The number of pyridine rings is 2. The first-order valence-corrected chi connectivity index (χ1v) is 7.46. The van der Waals surface area contributed by atoms with E-state index in [-0.39, 0.29) is 0 Å². The van der Waals surface area contributed by atoms with Crippen molar-refractivity contribution in [3.8, 4) is 11.1 Å². The average Bonchev–Trinajstić information content (AvgIpc) is 2.96. The second kappa shape index (κ2) is 6.01. The van der Waals surface area contributed by atoms with E-state index >= 15 is 0 Å². The highest BCUT2D eigenvalue weighted by Gasteiger charge is 2.09. The molecule has 0 saturated heterocycles. The lowest BCUT2D eigenvalue weighted by atomic mass is 10.1. The van der Waals surface area contributed by atoms with Gasteiger partial charge in [0.1, 0.15) is 23.0 Å². The Balaban J connectivity index is 1.77. The molecule has 4 nitrogen and oxygen atoms in total. The Labute approximate surface area is 140 Å². The molecule has 7 heteroatoms. The molecule has 1 aromatic carbocycles. The second-order valence-corrected chi connectivity index (χ2v) is 5.60. The van der Waals surface area contributed by atoms with Crippen LogP contribution in [-0.4, -0.2) is 19.7 Å². The summed E-state index contributed by atoms with van der Waals surface area (Å²) >= 11 is 0. The fourth-order valence-electron chi connectivity index (χ4n) is 2.68. The van der Waals surface area contributed by atoms with Crippen molar-refractivity contribution in [2.75, 3.05) is 0 Å². The zero-order chi connectivity index (χ0) is 17.4. The molecule has 3 aromatic heterocycles. The third-order valence-electron chi connectivity index (χ3n) is 3.78. The molecule has 4 rings (SSSR count). The van der Waals surface area contributed by atoms with Gasteiger partial charge in [0.25, 0.3) is 0 Å². The van der Waals surface area contributed by atoms with Gasteiger partial charge in [-0.25, -0.2) is 13.2 Å². The van der Waals surface area contributed by atoms with E-state index in [2.05, 4.69) is 15.1 Å². The number of benzene rings is 1. The van der Waals surface area contributed by atoms with Crippen LogP contribution in [-0.2, 0) is 6.54 Å². The van der Waals surface area contributed by atoms with Gasteiger partial charge in [-0.2, -0.15) is 5.10 Å². The van der Waals surface area contributed by atoms with E-state index in [0.29, 0.717) is 34.3 Å². The Morgan fingerprint density at radius 3 is 2.32 bits per heavy atom. The molecule has 0 unspecified atom stereocenters. The number of hydrogen-bond acceptors (Lipinski definition) is 3. The fourth-order valence-corrected chi connectivity index (χ4v) is 2.68. The zero-order valence-corrected chi connectivity index (χ0v) is 12.8. The van der Waals surface area contributed by atoms with Crippen molar-refractivity contribution in [3.05, 3.63) is 78.1 Å². The van der Waals surface area contributed by atoms with Crippen molar-refractivity contribution in [2.24, 2.45) is 0 Å². The van der Waals surface area contributed by atoms with Crippen LogP contribution in [0.15, 0.2) is 55.1 Å². The van der Waals surface area contributed by atoms with Crippen LogP contribution in [0.3, 0.4) is 0 Å². The summed E-state index contributed by atoms with van der Waals surface area (Å²) in [5.41, 5.74) is 2.89. The minimum atomic E-state index is -0.658. The summed E-state index contributed by atoms with van der Waals surface area (Å²) in [6, 6.07) is 6.42. The van der Waals surface area contributed by atoms with Gasteiger partial charge in [-0.15, -0.1) is 0 Å². The predicted octanol–water partition coefficient (Wildman–Crippen LogP) is 3.96. The summed E-state index contributed by atoms with van der Waals surface area (Å²) in [6.45, 7) is 0.302. The van der Waals surface area contributed by atoms with Gasteiger partial charge in [-0.3, -0.25) is 14.6 Å². The Bertz CT molecular complexity index is 1050. The zero-order valence-electron chi connectivity index (χ0n) is 12.8. The van der Waals surface area contributed by atoms with Crippen LogP contribution in [0.5, 0.6) is 0 Å². The maximum atomic E-state index is 13.5. The third-order valence-corrected chi connectivity index (χ3v) is 3.78. The molecular weight excluding hydrogens is 329 g/mol. The van der Waals surface area contributed by atoms with Crippen LogP contribution in [0.25, 0.3) is 22.2 Å². The molecule has 0 atom stereocenters. The molecule has 0 N–H and O–H groups in total. The maximum Gasteiger partial charge on any atom is 0.141 e. The lowest BCUT2D eigenvalue weighted by Crippen LogP contribution is -2.02. The quantitative estimate of drug-likeness (QED) is 0.567. The number of halogens is 3. The van der Waals surface area contributed by atoms with Crippen LogP contribution in [0.4, 0.5) is 13.2 Å². The largest absolute Gasteiger partial charge is 0.261 e. The monoisotopic (exact) mass is 340 g/mol. The van der Waals surface area contributed by atoms with Crippen molar-refractivity contribution >= 4 is 11.0 Å². The average molecular weight is 340 g/mol. The highest BCUT2D eigenvalue weighted by Crippen LogP contribution is 2.24. The van der Waals surface area contributed by atoms with E-state index in [1.807, 2.05) is 0 Å². The third kappa shape index (κ3) is 3.08. The molecule has 0 saturated carbocycles. The molecule has 0 amide bonds. The Hall–Kier alpha value is -3.22. The highest BCUT2D eigenvalue weighted by atomic mass is 19.1. The molecule has 0 spiro atoms. The molecule has 0 fully saturated rings. The molecule has 0 aliphatic rings. The molecule has 0 radical (unpaired) electrons. The van der Waals surface area contributed by atoms with E-state index in [1.165, 1.54) is 24.4 Å². The van der Waals surface area contributed by atoms with Gasteiger partial charge in [-0.1, -0.05) is 0 Å². The van der Waals surface area contributed by atoms with E-state index < -0.39 is 17.5 Å². The van der Waals surface area contributed by atoms with Gasteiger partial charge < -0.3 is 0 Å². The van der Waals surface area contributed by atoms with Gasteiger partial charge in [0.2, 0.25) is 0 Å². The topological polar surface area (TPSA) is 43.6 Å². The number of fused-ring (bicyclic) bond motifs is 1. The Morgan fingerprint density at radius 1 is 0.760 bits per heavy atom. The van der Waals surface area contributed by atoms with Crippen LogP contribution in [0.1, 0.15) is 5.56 Å². The molecule has 4 aromatic rings. The summed E-state index contributed by atoms with van der Waals surface area (Å²) in [5, 5.41) is 4.25. The SMILES string of the molecule is Fc1cncc(Cn2ncc3ncc(-c4cc(F)cc(F)c4)cc32)c1. The van der Waals surface area contributed by atoms with Gasteiger partial charge in [0.15, 0.2) is 0 Å². The summed E-state index contributed by atoms with van der Waals surface area (Å²) in [7, 11) is 0. The van der Waals surface area contributed by atoms with E-state index in [1.54, 1.807) is 23.1 Å². The molecule has 124 valence electrons. The summed E-state index contributed by atoms with van der Waals surface area (Å²) < 4.78 is 41.8. The standard InChI is InChI=1S/C18H11F3N4/c19-14-2-12(3-15(20)5-14)13-4-18-17(23-7-13)9-24-25(18)10-11-1-16(21)8-22-6-11/h1-9H,10H2. The lowest BCUT2D eigenvalue weighted by molar-refractivity contribution is 0.584. The molecule has 3 heterocycles. The van der Waals surface area contributed by atoms with E-state index in [9.17, 15) is 13.2 Å². The van der Waals surface area contributed by atoms with Gasteiger partial charge in [-0.05, 0) is 35.4 Å². The first kappa shape index (κ1) is 15.3. The van der Waals surface area contributed by atoms with Crippen LogP contribution in [0.2, 0.25) is 0 Å². The molecule has 0 aliphatic carbocycles. The van der Waals surface area contributed by atoms with Gasteiger partial charge >= 0.3 is 0 Å². The Morgan fingerprint density at radius 2 is 1.56 bits per heavy atom. The normalized spacial score (nSPS) is 11.2. The fraction of sp³-hybridized carbons (Fsp3) is 0.0556. The Kier molecular flexibility index (Phi) is 3.68. The van der Waals surface area contributed by atoms with Crippen molar-refractivity contribution < 1.29 is 13.2 Å². The molecular formula is C18H11F3N4. The summed E-state index contributed by atoms with van der Waals surface area (Å²) in [5.74, 6) is -1.74. The van der Waals surface area contributed by atoms with Crippen LogP contribution in [0, 0.1) is 17.5 Å². The molecule has 25 heavy (non-hydrogen) atoms. The maximum absolute atomic E-state index is 13.5. The first-order valence-electron chi connectivity index (χ1n) is 7.46. The lowest BCUT2D eigenvalue weighted by Gasteiger charge is -2.06. The predicted molar refractivity (Wildman–Crippen MR) is 86.2 cm³/mol. The summed E-state index contributed by atoms with van der Waals surface area (Å²) in [6.07, 6.45) is 5.79. The van der Waals surface area contributed by atoms with Crippen molar-refractivity contribution in [1.29, 1.82) is 0 Å². The van der Waals surface area contributed by atoms with Gasteiger partial charge in [0, 0.05) is 24.0 Å². The molecule has 0 aliphatic heterocycles. The van der Waals surface area contributed by atoms with Gasteiger partial charge in [0.05, 0.1) is 24.5 Å². The van der Waals surface area contributed by atoms with Crippen molar-refractivity contribution in [2.45, 2.75) is 6.54 Å². The second-order valence-electron chi connectivity index (χ2n) is 5.60. The minimum absolute atomic E-state index is 0.302. The van der Waals surface area contributed by atoms with E-state index in [0.717, 1.165) is 12.3 Å². The summed E-state index contributed by atoms with van der Waals surface area (Å²) in [4.78, 5) is 8.09. The number of aromatic nitrogens is 4.